The van der Waals surface area contributed by atoms with Crippen LogP contribution in [0.5, 0.6) is 5.88 Å². The van der Waals surface area contributed by atoms with Gasteiger partial charge in [-0.05, 0) is 24.6 Å². The van der Waals surface area contributed by atoms with E-state index in [9.17, 15) is 9.90 Å². The summed E-state index contributed by atoms with van der Waals surface area (Å²) in [5.41, 5.74) is 1.68. The van der Waals surface area contributed by atoms with Gasteiger partial charge in [-0.2, -0.15) is 9.61 Å². The van der Waals surface area contributed by atoms with Gasteiger partial charge >= 0.3 is 0 Å². The topological polar surface area (TPSA) is 70.4 Å². The minimum atomic E-state index is -0.344. The number of benzene rings is 1. The number of hydrogen-bond donors (Lipinski definition) is 2. The van der Waals surface area contributed by atoms with E-state index in [1.807, 2.05) is 6.07 Å². The minimum absolute atomic E-state index is 0.162. The highest BCUT2D eigenvalue weighted by molar-refractivity contribution is 9.10. The lowest BCUT2D eigenvalue weighted by Gasteiger charge is -2.06. The Labute approximate surface area is 116 Å². The molecule has 2 heterocycles. The van der Waals surface area contributed by atoms with E-state index < -0.39 is 0 Å². The summed E-state index contributed by atoms with van der Waals surface area (Å²) >= 11 is 3.35. The van der Waals surface area contributed by atoms with Crippen molar-refractivity contribution < 1.29 is 5.11 Å². The third-order valence-corrected chi connectivity index (χ3v) is 3.33. The fourth-order valence-corrected chi connectivity index (χ4v) is 2.44. The van der Waals surface area contributed by atoms with Gasteiger partial charge in [-0.25, -0.2) is 0 Å². The Kier molecular flexibility index (Phi) is 2.67. The van der Waals surface area contributed by atoms with Crippen LogP contribution in [0.2, 0.25) is 0 Å². The minimum Gasteiger partial charge on any atom is -0.493 e. The van der Waals surface area contributed by atoms with Gasteiger partial charge in [-0.15, -0.1) is 0 Å². The normalized spacial score (nSPS) is 11.1. The molecule has 0 saturated carbocycles. The van der Waals surface area contributed by atoms with Gasteiger partial charge in [0.25, 0.3) is 5.56 Å². The predicted octanol–water partition coefficient (Wildman–Crippen LogP) is 2.47. The first-order valence-corrected chi connectivity index (χ1v) is 6.43. The van der Waals surface area contributed by atoms with Gasteiger partial charge in [-0.3, -0.25) is 4.79 Å². The van der Waals surface area contributed by atoms with Crippen molar-refractivity contribution >= 4 is 21.6 Å². The van der Waals surface area contributed by atoms with Gasteiger partial charge in [0.05, 0.1) is 5.69 Å². The van der Waals surface area contributed by atoms with Crippen molar-refractivity contribution in [3.63, 3.8) is 0 Å². The van der Waals surface area contributed by atoms with Gasteiger partial charge in [0.15, 0.2) is 0 Å². The highest BCUT2D eigenvalue weighted by atomic mass is 79.9. The molecule has 0 saturated heterocycles. The van der Waals surface area contributed by atoms with Gasteiger partial charge in [0, 0.05) is 10.5 Å². The van der Waals surface area contributed by atoms with Crippen LogP contribution >= 0.6 is 15.9 Å². The number of aromatic nitrogens is 3. The second-order valence-corrected chi connectivity index (χ2v) is 5.16. The third kappa shape index (κ3) is 1.94. The molecule has 5 nitrogen and oxygen atoms in total. The molecule has 3 aromatic rings. The SMILES string of the molecule is Cc1cc2[nH]c(=O)c(-c3cccc(Br)c3)c(O)n2n1. The molecule has 0 aliphatic rings. The van der Waals surface area contributed by atoms with Crippen LogP contribution in [0.15, 0.2) is 39.6 Å². The summed E-state index contributed by atoms with van der Waals surface area (Å²) in [5, 5.41) is 14.4. The largest absolute Gasteiger partial charge is 0.493 e. The Morgan fingerprint density at radius 2 is 2.16 bits per heavy atom. The van der Waals surface area contributed by atoms with E-state index in [0.717, 1.165) is 10.2 Å². The Morgan fingerprint density at radius 1 is 1.37 bits per heavy atom. The number of aryl methyl sites for hydroxylation is 1. The molecule has 6 heteroatoms. The van der Waals surface area contributed by atoms with Gasteiger partial charge in [0.2, 0.25) is 5.88 Å². The average molecular weight is 320 g/mol. The summed E-state index contributed by atoms with van der Waals surface area (Å²) in [6.07, 6.45) is 0. The first-order chi connectivity index (χ1) is 9.06. The molecule has 0 amide bonds. The molecule has 2 N–H and O–H groups in total. The molecule has 96 valence electrons. The Bertz CT molecular complexity index is 836. The third-order valence-electron chi connectivity index (χ3n) is 2.84. The molecule has 2 aromatic heterocycles. The van der Waals surface area contributed by atoms with Crippen LogP contribution in [0.1, 0.15) is 5.69 Å². The number of H-pyrrole nitrogens is 1. The van der Waals surface area contributed by atoms with Crippen molar-refractivity contribution in [2.24, 2.45) is 0 Å². The number of hydrogen-bond acceptors (Lipinski definition) is 3. The molecule has 0 atom stereocenters. The molecule has 0 fully saturated rings. The van der Waals surface area contributed by atoms with Crippen LogP contribution in [0.3, 0.4) is 0 Å². The molecule has 0 spiro atoms. The van der Waals surface area contributed by atoms with E-state index in [0.29, 0.717) is 11.2 Å². The lowest BCUT2D eigenvalue weighted by Crippen LogP contribution is -2.12. The monoisotopic (exact) mass is 319 g/mol. The molecule has 19 heavy (non-hydrogen) atoms. The average Bonchev–Trinajstić information content (AvgIpc) is 2.70. The van der Waals surface area contributed by atoms with Gasteiger partial charge in [0.1, 0.15) is 11.2 Å². The Morgan fingerprint density at radius 3 is 2.89 bits per heavy atom. The molecular weight excluding hydrogens is 310 g/mol. The lowest BCUT2D eigenvalue weighted by atomic mass is 10.1. The summed E-state index contributed by atoms with van der Waals surface area (Å²) in [6, 6.07) is 8.89. The van der Waals surface area contributed by atoms with E-state index in [-0.39, 0.29) is 17.0 Å². The maximum atomic E-state index is 12.1. The van der Waals surface area contributed by atoms with E-state index in [4.69, 9.17) is 0 Å². The van der Waals surface area contributed by atoms with E-state index in [1.165, 1.54) is 4.52 Å². The maximum absolute atomic E-state index is 12.1. The summed E-state index contributed by atoms with van der Waals surface area (Å²) in [7, 11) is 0. The van der Waals surface area contributed by atoms with Crippen LogP contribution in [0.25, 0.3) is 16.8 Å². The lowest BCUT2D eigenvalue weighted by molar-refractivity contribution is 0.436. The zero-order valence-electron chi connectivity index (χ0n) is 10.0. The van der Waals surface area contributed by atoms with Crippen molar-refractivity contribution in [2.75, 3.05) is 0 Å². The first kappa shape index (κ1) is 12.0. The second kappa shape index (κ2) is 4.24. The second-order valence-electron chi connectivity index (χ2n) is 4.25. The summed E-state index contributed by atoms with van der Waals surface area (Å²) in [5.74, 6) is -0.162. The molecule has 1 aromatic carbocycles. The quantitative estimate of drug-likeness (QED) is 0.723. The summed E-state index contributed by atoms with van der Waals surface area (Å²) in [4.78, 5) is 14.8. The number of aromatic hydroxyl groups is 1. The van der Waals surface area contributed by atoms with E-state index in [1.54, 1.807) is 31.2 Å². The zero-order valence-corrected chi connectivity index (χ0v) is 11.6. The van der Waals surface area contributed by atoms with Crippen molar-refractivity contribution in [3.8, 4) is 17.0 Å². The predicted molar refractivity (Wildman–Crippen MR) is 75.4 cm³/mol. The smallest absolute Gasteiger partial charge is 0.262 e. The number of aromatic amines is 1. The number of fused-ring (bicyclic) bond motifs is 1. The highest BCUT2D eigenvalue weighted by Crippen LogP contribution is 2.27. The molecule has 0 radical (unpaired) electrons. The van der Waals surface area contributed by atoms with E-state index in [2.05, 4.69) is 26.0 Å². The van der Waals surface area contributed by atoms with Crippen LogP contribution in [-0.4, -0.2) is 19.7 Å². The van der Waals surface area contributed by atoms with Gasteiger partial charge in [-0.1, -0.05) is 28.1 Å². The highest BCUT2D eigenvalue weighted by Gasteiger charge is 2.15. The molecular formula is C13H10BrN3O2. The molecule has 0 aliphatic carbocycles. The number of halogens is 1. The van der Waals surface area contributed by atoms with Crippen molar-refractivity contribution in [1.82, 2.24) is 14.6 Å². The Balaban J connectivity index is 2.38. The summed E-state index contributed by atoms with van der Waals surface area (Å²) in [6.45, 7) is 1.80. The van der Waals surface area contributed by atoms with Crippen LogP contribution in [-0.2, 0) is 0 Å². The van der Waals surface area contributed by atoms with Crippen molar-refractivity contribution in [1.29, 1.82) is 0 Å². The first-order valence-electron chi connectivity index (χ1n) is 5.64. The standard InChI is InChI=1S/C13H10BrN3O2/c1-7-5-10-15-12(18)11(13(19)17(10)16-7)8-3-2-4-9(14)6-8/h2-6,19H,1H3,(H,15,18). The maximum Gasteiger partial charge on any atom is 0.262 e. The van der Waals surface area contributed by atoms with Crippen molar-refractivity contribution in [2.45, 2.75) is 6.92 Å². The van der Waals surface area contributed by atoms with E-state index >= 15 is 0 Å². The Hall–Kier alpha value is -2.08. The van der Waals surface area contributed by atoms with Crippen LogP contribution < -0.4 is 5.56 Å². The summed E-state index contributed by atoms with van der Waals surface area (Å²) < 4.78 is 2.16. The fraction of sp³-hybridized carbons (Fsp3) is 0.0769. The van der Waals surface area contributed by atoms with Crippen LogP contribution in [0.4, 0.5) is 0 Å². The molecule has 0 bridgehead atoms. The molecule has 0 unspecified atom stereocenters. The number of rotatable bonds is 1. The molecule has 3 rings (SSSR count). The van der Waals surface area contributed by atoms with Gasteiger partial charge < -0.3 is 10.1 Å². The van der Waals surface area contributed by atoms with Crippen LogP contribution in [0, 0.1) is 6.92 Å². The number of nitrogens with zero attached hydrogens (tertiary/aromatic N) is 2. The van der Waals surface area contributed by atoms with Crippen molar-refractivity contribution in [3.05, 3.63) is 50.9 Å². The molecule has 0 aliphatic heterocycles. The zero-order chi connectivity index (χ0) is 13.6. The number of nitrogens with one attached hydrogen (secondary N) is 1. The fourth-order valence-electron chi connectivity index (χ4n) is 2.04.